The summed E-state index contributed by atoms with van der Waals surface area (Å²) in [6, 6.07) is 26.6. The van der Waals surface area contributed by atoms with Crippen LogP contribution in [0, 0.1) is 6.92 Å². The second kappa shape index (κ2) is 6.13. The van der Waals surface area contributed by atoms with E-state index in [1.807, 2.05) is 36.4 Å². The van der Waals surface area contributed by atoms with Gasteiger partial charge >= 0.3 is 0 Å². The van der Waals surface area contributed by atoms with Gasteiger partial charge in [0.25, 0.3) is 0 Å². The molecule has 24 heavy (non-hydrogen) atoms. The first kappa shape index (κ1) is 14.4. The molecule has 0 atom stereocenters. The van der Waals surface area contributed by atoms with Crippen LogP contribution in [0.2, 0.25) is 0 Å². The highest BCUT2D eigenvalue weighted by atomic mass is 15.3. The summed E-state index contributed by atoms with van der Waals surface area (Å²) in [5.41, 5.74) is 9.31. The van der Waals surface area contributed by atoms with Crippen molar-refractivity contribution in [2.45, 2.75) is 6.92 Å². The molecule has 0 saturated heterocycles. The SMILES string of the molecule is Cc1ccc(C2=Nc3ccccc3C(c3ccccc3)=NN2)cc1. The van der Waals surface area contributed by atoms with Crippen LogP contribution < -0.4 is 5.43 Å². The van der Waals surface area contributed by atoms with E-state index in [0.717, 1.165) is 33.9 Å². The Kier molecular flexibility index (Phi) is 3.67. The van der Waals surface area contributed by atoms with Gasteiger partial charge in [-0.05, 0) is 13.0 Å². The van der Waals surface area contributed by atoms with E-state index in [4.69, 9.17) is 4.99 Å². The minimum absolute atomic E-state index is 0.758. The lowest BCUT2D eigenvalue weighted by molar-refractivity contribution is 1.03. The van der Waals surface area contributed by atoms with Crippen molar-refractivity contribution in [2.24, 2.45) is 10.1 Å². The number of hydrogen-bond donors (Lipinski definition) is 1. The zero-order chi connectivity index (χ0) is 16.4. The van der Waals surface area contributed by atoms with Crippen molar-refractivity contribution in [1.82, 2.24) is 5.43 Å². The van der Waals surface area contributed by atoms with Crippen molar-refractivity contribution in [3.63, 3.8) is 0 Å². The van der Waals surface area contributed by atoms with Crippen LogP contribution in [-0.2, 0) is 0 Å². The molecule has 0 aromatic heterocycles. The lowest BCUT2D eigenvalue weighted by Crippen LogP contribution is -2.19. The molecule has 0 bridgehead atoms. The number of hydrogen-bond acceptors (Lipinski definition) is 3. The minimum Gasteiger partial charge on any atom is -0.260 e. The van der Waals surface area contributed by atoms with E-state index >= 15 is 0 Å². The van der Waals surface area contributed by atoms with Crippen LogP contribution in [0.25, 0.3) is 0 Å². The fourth-order valence-corrected chi connectivity index (χ4v) is 2.74. The summed E-state index contributed by atoms with van der Waals surface area (Å²) < 4.78 is 0. The van der Waals surface area contributed by atoms with E-state index in [9.17, 15) is 0 Å². The van der Waals surface area contributed by atoms with Crippen molar-refractivity contribution in [2.75, 3.05) is 0 Å². The number of nitrogens with one attached hydrogen (secondary N) is 1. The molecular weight excluding hydrogens is 294 g/mol. The fraction of sp³-hybridized carbons (Fsp3) is 0.0476. The molecule has 0 unspecified atom stereocenters. The van der Waals surface area contributed by atoms with Crippen molar-refractivity contribution in [3.05, 3.63) is 101 Å². The van der Waals surface area contributed by atoms with Gasteiger partial charge in [0.1, 0.15) is 0 Å². The summed E-state index contributed by atoms with van der Waals surface area (Å²) in [4.78, 5) is 4.81. The van der Waals surface area contributed by atoms with E-state index in [1.165, 1.54) is 5.56 Å². The van der Waals surface area contributed by atoms with Gasteiger partial charge in [0, 0.05) is 16.7 Å². The van der Waals surface area contributed by atoms with Crippen molar-refractivity contribution >= 4 is 17.2 Å². The Morgan fingerprint density at radius 2 is 1.42 bits per heavy atom. The molecule has 0 radical (unpaired) electrons. The monoisotopic (exact) mass is 311 g/mol. The molecular formula is C21H17N3. The van der Waals surface area contributed by atoms with Crippen LogP contribution >= 0.6 is 0 Å². The van der Waals surface area contributed by atoms with E-state index in [-0.39, 0.29) is 0 Å². The molecule has 3 aromatic rings. The maximum atomic E-state index is 4.81. The van der Waals surface area contributed by atoms with Crippen molar-refractivity contribution < 1.29 is 0 Å². The first-order valence-electron chi connectivity index (χ1n) is 7.95. The largest absolute Gasteiger partial charge is 0.260 e. The van der Waals surface area contributed by atoms with Gasteiger partial charge in [-0.2, -0.15) is 5.10 Å². The molecule has 116 valence electrons. The average molecular weight is 311 g/mol. The Morgan fingerprint density at radius 3 is 2.21 bits per heavy atom. The molecule has 0 fully saturated rings. The summed E-state index contributed by atoms with van der Waals surface area (Å²) in [6.07, 6.45) is 0. The molecule has 1 aliphatic heterocycles. The van der Waals surface area contributed by atoms with E-state index < -0.39 is 0 Å². The van der Waals surface area contributed by atoms with Gasteiger partial charge in [0.05, 0.1) is 11.4 Å². The number of benzene rings is 3. The van der Waals surface area contributed by atoms with Gasteiger partial charge in [-0.25, -0.2) is 4.99 Å². The number of fused-ring (bicyclic) bond motifs is 1. The Labute approximate surface area is 141 Å². The Bertz CT molecular complexity index is 923. The summed E-state index contributed by atoms with van der Waals surface area (Å²) in [7, 11) is 0. The van der Waals surface area contributed by atoms with Crippen LogP contribution in [0.3, 0.4) is 0 Å². The molecule has 0 aliphatic carbocycles. The lowest BCUT2D eigenvalue weighted by atomic mass is 10.0. The number of para-hydroxylation sites is 1. The highest BCUT2D eigenvalue weighted by Gasteiger charge is 2.16. The molecule has 0 saturated carbocycles. The molecule has 3 nitrogen and oxygen atoms in total. The standard InChI is InChI=1S/C21H17N3/c1-15-11-13-17(14-12-15)21-22-19-10-6-5-9-18(19)20(23-24-21)16-7-3-2-4-8-16/h2-14H,1H3,(H,22,24). The van der Waals surface area contributed by atoms with E-state index in [0.29, 0.717) is 0 Å². The van der Waals surface area contributed by atoms with Gasteiger partial charge in [-0.15, -0.1) is 0 Å². The third kappa shape index (κ3) is 2.72. The summed E-state index contributed by atoms with van der Waals surface area (Å²) in [5, 5.41) is 4.65. The van der Waals surface area contributed by atoms with E-state index in [1.54, 1.807) is 0 Å². The quantitative estimate of drug-likeness (QED) is 0.747. The van der Waals surface area contributed by atoms with Crippen LogP contribution in [0.5, 0.6) is 0 Å². The summed E-state index contributed by atoms with van der Waals surface area (Å²) in [6.45, 7) is 2.08. The highest BCUT2D eigenvalue weighted by molar-refractivity contribution is 6.17. The average Bonchev–Trinajstić information content (AvgIpc) is 2.83. The van der Waals surface area contributed by atoms with Crippen LogP contribution in [-0.4, -0.2) is 11.5 Å². The smallest absolute Gasteiger partial charge is 0.154 e. The van der Waals surface area contributed by atoms with Crippen molar-refractivity contribution in [1.29, 1.82) is 0 Å². The van der Waals surface area contributed by atoms with Gasteiger partial charge in [0.2, 0.25) is 0 Å². The van der Waals surface area contributed by atoms with Crippen LogP contribution in [0.1, 0.15) is 22.3 Å². The number of nitrogens with zero attached hydrogens (tertiary/aromatic N) is 2. The van der Waals surface area contributed by atoms with Gasteiger partial charge in [-0.1, -0.05) is 78.4 Å². The molecule has 3 aromatic carbocycles. The Morgan fingerprint density at radius 1 is 0.708 bits per heavy atom. The number of amidine groups is 1. The van der Waals surface area contributed by atoms with Crippen LogP contribution in [0.4, 0.5) is 5.69 Å². The second-order valence-electron chi connectivity index (χ2n) is 5.78. The van der Waals surface area contributed by atoms with Gasteiger partial charge in [-0.3, -0.25) is 5.43 Å². The number of aliphatic imine (C=N–C) groups is 1. The van der Waals surface area contributed by atoms with Crippen molar-refractivity contribution in [3.8, 4) is 0 Å². The topological polar surface area (TPSA) is 36.8 Å². The number of aryl methyl sites for hydroxylation is 1. The zero-order valence-electron chi connectivity index (χ0n) is 13.4. The molecule has 1 N–H and O–H groups in total. The minimum atomic E-state index is 0.758. The second-order valence-corrected chi connectivity index (χ2v) is 5.78. The fourth-order valence-electron chi connectivity index (χ4n) is 2.74. The summed E-state index contributed by atoms with van der Waals surface area (Å²) in [5.74, 6) is 0.758. The van der Waals surface area contributed by atoms with E-state index in [2.05, 4.69) is 59.9 Å². The third-order valence-corrected chi connectivity index (χ3v) is 4.04. The predicted octanol–water partition coefficient (Wildman–Crippen LogP) is 4.43. The molecule has 0 amide bonds. The molecule has 1 heterocycles. The lowest BCUT2D eigenvalue weighted by Gasteiger charge is -2.07. The first-order valence-corrected chi connectivity index (χ1v) is 7.95. The normalized spacial score (nSPS) is 13.2. The van der Waals surface area contributed by atoms with Gasteiger partial charge in [0.15, 0.2) is 5.84 Å². The van der Waals surface area contributed by atoms with Gasteiger partial charge < -0.3 is 0 Å². The maximum absolute atomic E-state index is 4.81. The third-order valence-electron chi connectivity index (χ3n) is 4.04. The Hall–Kier alpha value is -3.20. The number of rotatable bonds is 2. The first-order chi connectivity index (χ1) is 11.8. The zero-order valence-corrected chi connectivity index (χ0v) is 13.4. The molecule has 4 rings (SSSR count). The van der Waals surface area contributed by atoms with Crippen LogP contribution in [0.15, 0.2) is 89.0 Å². The number of hydrazone groups is 1. The maximum Gasteiger partial charge on any atom is 0.154 e. The summed E-state index contributed by atoms with van der Waals surface area (Å²) >= 11 is 0. The molecule has 3 heteroatoms. The molecule has 1 aliphatic rings. The Balaban J connectivity index is 1.84. The highest BCUT2D eigenvalue weighted by Crippen LogP contribution is 2.25. The molecule has 0 spiro atoms. The predicted molar refractivity (Wildman–Crippen MR) is 99.0 cm³/mol.